The van der Waals surface area contributed by atoms with Crippen molar-refractivity contribution in [2.24, 2.45) is 0 Å². The molecule has 0 aromatic heterocycles. The van der Waals surface area contributed by atoms with Crippen LogP contribution in [0.1, 0.15) is 80.9 Å². The molecular formula is C35H41NO7. The number of hydrogen-bond donors (Lipinski definition) is 0. The SMILES string of the molecule is O=C(CCCCCC(=O)N(OCc1ccccc1)C(=O)CCCCCC(=O)OCc1ccccc1)OCc1ccccc1. The second kappa shape index (κ2) is 19.8. The average Bonchev–Trinajstić information content (AvgIpc) is 3.04. The summed E-state index contributed by atoms with van der Waals surface area (Å²) in [5.74, 6) is -1.36. The molecule has 0 unspecified atom stereocenters. The largest absolute Gasteiger partial charge is 0.461 e. The monoisotopic (exact) mass is 587 g/mol. The molecule has 0 bridgehead atoms. The van der Waals surface area contributed by atoms with Gasteiger partial charge in [0, 0.05) is 25.7 Å². The van der Waals surface area contributed by atoms with Crippen LogP contribution in [0.15, 0.2) is 91.0 Å². The molecule has 0 radical (unpaired) electrons. The third-order valence-electron chi connectivity index (χ3n) is 6.68. The highest BCUT2D eigenvalue weighted by atomic mass is 16.7. The summed E-state index contributed by atoms with van der Waals surface area (Å²) in [6.07, 6.45) is 4.33. The molecule has 3 aromatic carbocycles. The van der Waals surface area contributed by atoms with Gasteiger partial charge in [0.25, 0.3) is 11.8 Å². The minimum Gasteiger partial charge on any atom is -0.461 e. The van der Waals surface area contributed by atoms with Gasteiger partial charge in [0.15, 0.2) is 0 Å². The molecule has 0 spiro atoms. The van der Waals surface area contributed by atoms with Gasteiger partial charge in [-0.1, -0.05) is 104 Å². The Kier molecular flexibility index (Phi) is 15.3. The Labute approximate surface area is 253 Å². The minimum atomic E-state index is -0.405. The summed E-state index contributed by atoms with van der Waals surface area (Å²) in [5, 5.41) is 0.884. The van der Waals surface area contributed by atoms with E-state index in [0.717, 1.165) is 21.8 Å². The number of nitrogens with zero attached hydrogens (tertiary/aromatic N) is 1. The van der Waals surface area contributed by atoms with Gasteiger partial charge in [0.1, 0.15) is 19.8 Å². The highest BCUT2D eigenvalue weighted by molar-refractivity contribution is 5.93. The number of amides is 2. The third kappa shape index (κ3) is 13.9. The van der Waals surface area contributed by atoms with Crippen molar-refractivity contribution in [3.63, 3.8) is 0 Å². The lowest BCUT2D eigenvalue weighted by Crippen LogP contribution is -2.36. The van der Waals surface area contributed by atoms with Crippen molar-refractivity contribution >= 4 is 23.8 Å². The smallest absolute Gasteiger partial charge is 0.306 e. The fraction of sp³-hybridized carbons (Fsp3) is 0.371. The van der Waals surface area contributed by atoms with Crippen LogP contribution >= 0.6 is 0 Å². The van der Waals surface area contributed by atoms with E-state index in [2.05, 4.69) is 0 Å². The maximum Gasteiger partial charge on any atom is 0.306 e. The van der Waals surface area contributed by atoms with Crippen molar-refractivity contribution in [2.45, 2.75) is 84.0 Å². The molecule has 0 saturated carbocycles. The summed E-state index contributed by atoms with van der Waals surface area (Å²) in [5.41, 5.74) is 2.71. The molecule has 0 heterocycles. The van der Waals surface area contributed by atoms with Gasteiger partial charge in [-0.25, -0.2) is 0 Å². The maximum atomic E-state index is 13.0. The number of imide groups is 1. The Bertz CT molecular complexity index is 1170. The Morgan fingerprint density at radius 3 is 1.19 bits per heavy atom. The molecular weight excluding hydrogens is 546 g/mol. The van der Waals surface area contributed by atoms with E-state index in [-0.39, 0.29) is 57.4 Å². The first-order valence-electron chi connectivity index (χ1n) is 14.9. The van der Waals surface area contributed by atoms with Gasteiger partial charge in [-0.15, -0.1) is 0 Å². The topological polar surface area (TPSA) is 99.2 Å². The Morgan fingerprint density at radius 2 is 0.791 bits per heavy atom. The Hall–Kier alpha value is -4.30. The van der Waals surface area contributed by atoms with Crippen LogP contribution in [0.5, 0.6) is 0 Å². The molecule has 8 heteroatoms. The quantitative estimate of drug-likeness (QED) is 0.0858. The number of benzene rings is 3. The van der Waals surface area contributed by atoms with Gasteiger partial charge in [-0.2, -0.15) is 5.06 Å². The first-order chi connectivity index (χ1) is 21.0. The molecule has 0 saturated heterocycles. The van der Waals surface area contributed by atoms with E-state index in [1.807, 2.05) is 91.0 Å². The van der Waals surface area contributed by atoms with Crippen LogP contribution in [0.25, 0.3) is 0 Å². The number of rotatable bonds is 19. The molecule has 2 amide bonds. The van der Waals surface area contributed by atoms with Crippen molar-refractivity contribution in [1.29, 1.82) is 0 Å². The second-order valence-corrected chi connectivity index (χ2v) is 10.3. The minimum absolute atomic E-state index is 0.0961. The van der Waals surface area contributed by atoms with Crippen LogP contribution in [0.2, 0.25) is 0 Å². The zero-order chi connectivity index (χ0) is 30.5. The summed E-state index contributed by atoms with van der Waals surface area (Å²) >= 11 is 0. The number of carbonyl (C=O) groups excluding carboxylic acids is 4. The maximum absolute atomic E-state index is 13.0. The van der Waals surface area contributed by atoms with E-state index in [1.165, 1.54) is 0 Å². The molecule has 43 heavy (non-hydrogen) atoms. The van der Waals surface area contributed by atoms with Crippen molar-refractivity contribution < 1.29 is 33.5 Å². The van der Waals surface area contributed by atoms with Crippen molar-refractivity contribution in [3.05, 3.63) is 108 Å². The van der Waals surface area contributed by atoms with Crippen LogP contribution in [0.4, 0.5) is 0 Å². The highest BCUT2D eigenvalue weighted by Crippen LogP contribution is 2.14. The zero-order valence-electron chi connectivity index (χ0n) is 24.7. The first kappa shape index (κ1) is 33.2. The van der Waals surface area contributed by atoms with Crippen LogP contribution in [-0.2, 0) is 53.3 Å². The molecule has 0 aliphatic heterocycles. The van der Waals surface area contributed by atoms with Crippen molar-refractivity contribution in [2.75, 3.05) is 0 Å². The van der Waals surface area contributed by atoms with E-state index in [9.17, 15) is 19.2 Å². The van der Waals surface area contributed by atoms with E-state index >= 15 is 0 Å². The summed E-state index contributed by atoms with van der Waals surface area (Å²) in [6.45, 7) is 0.581. The van der Waals surface area contributed by atoms with E-state index in [1.54, 1.807) is 0 Å². The normalized spacial score (nSPS) is 10.6. The summed E-state index contributed by atoms with van der Waals surface area (Å²) in [7, 11) is 0. The predicted molar refractivity (Wildman–Crippen MR) is 162 cm³/mol. The lowest BCUT2D eigenvalue weighted by molar-refractivity contribution is -0.199. The van der Waals surface area contributed by atoms with Gasteiger partial charge in [0.2, 0.25) is 0 Å². The number of unbranched alkanes of at least 4 members (excludes halogenated alkanes) is 4. The van der Waals surface area contributed by atoms with E-state index < -0.39 is 11.8 Å². The van der Waals surface area contributed by atoms with E-state index in [0.29, 0.717) is 38.5 Å². The standard InChI is InChI=1S/C35H41NO7/c37-32(22-12-4-14-24-34(39)41-26-29-16-6-1-7-17-29)36(43-28-31-20-10-3-11-21-31)33(38)23-13-5-15-25-35(40)42-27-30-18-8-2-9-19-30/h1-3,6-11,16-21H,4-5,12-15,22-28H2. The summed E-state index contributed by atoms with van der Waals surface area (Å²) < 4.78 is 10.6. The third-order valence-corrected chi connectivity index (χ3v) is 6.68. The van der Waals surface area contributed by atoms with Crippen LogP contribution < -0.4 is 0 Å². The van der Waals surface area contributed by atoms with Gasteiger partial charge < -0.3 is 9.47 Å². The molecule has 3 aromatic rings. The lowest BCUT2D eigenvalue weighted by Gasteiger charge is -2.20. The number of ether oxygens (including phenoxy) is 2. The average molecular weight is 588 g/mol. The molecule has 0 fully saturated rings. The fourth-order valence-corrected chi connectivity index (χ4v) is 4.26. The second-order valence-electron chi connectivity index (χ2n) is 10.3. The van der Waals surface area contributed by atoms with Crippen molar-refractivity contribution in [1.82, 2.24) is 5.06 Å². The first-order valence-corrected chi connectivity index (χ1v) is 14.9. The van der Waals surface area contributed by atoms with Crippen LogP contribution in [-0.4, -0.2) is 28.8 Å². The highest BCUT2D eigenvalue weighted by Gasteiger charge is 2.22. The summed E-state index contributed by atoms with van der Waals surface area (Å²) in [4.78, 5) is 55.6. The molecule has 0 N–H and O–H groups in total. The Balaban J connectivity index is 1.35. The number of hydroxylamine groups is 2. The van der Waals surface area contributed by atoms with Gasteiger partial charge in [-0.3, -0.25) is 24.0 Å². The zero-order valence-corrected chi connectivity index (χ0v) is 24.7. The Morgan fingerprint density at radius 1 is 0.442 bits per heavy atom. The molecule has 228 valence electrons. The number of esters is 2. The van der Waals surface area contributed by atoms with Crippen LogP contribution in [0, 0.1) is 0 Å². The van der Waals surface area contributed by atoms with Crippen molar-refractivity contribution in [3.8, 4) is 0 Å². The predicted octanol–water partition coefficient (Wildman–Crippen LogP) is 6.86. The van der Waals surface area contributed by atoms with Gasteiger partial charge >= 0.3 is 11.9 Å². The summed E-state index contributed by atoms with van der Waals surface area (Å²) in [6, 6.07) is 28.3. The molecule has 0 aliphatic carbocycles. The fourth-order valence-electron chi connectivity index (χ4n) is 4.26. The number of hydrogen-bond acceptors (Lipinski definition) is 7. The van der Waals surface area contributed by atoms with Crippen LogP contribution in [0.3, 0.4) is 0 Å². The molecule has 0 atom stereocenters. The van der Waals surface area contributed by atoms with Gasteiger partial charge in [-0.05, 0) is 42.4 Å². The molecule has 3 rings (SSSR count). The molecule has 0 aliphatic rings. The van der Waals surface area contributed by atoms with E-state index in [4.69, 9.17) is 14.3 Å². The lowest BCUT2D eigenvalue weighted by atomic mass is 10.1. The molecule has 8 nitrogen and oxygen atoms in total. The number of carbonyl (C=O) groups is 4. The van der Waals surface area contributed by atoms with Gasteiger partial charge in [0.05, 0.1) is 0 Å².